The van der Waals surface area contributed by atoms with Gasteiger partial charge in [0, 0.05) is 16.7 Å². The van der Waals surface area contributed by atoms with Gasteiger partial charge in [0.25, 0.3) is 0 Å². The summed E-state index contributed by atoms with van der Waals surface area (Å²) >= 11 is 2.33. The lowest BCUT2D eigenvalue weighted by Crippen LogP contribution is -2.17. The van der Waals surface area contributed by atoms with Crippen LogP contribution in [0.4, 0.5) is 0 Å². The maximum Gasteiger partial charge on any atom is 0.0240 e. The highest BCUT2D eigenvalue weighted by Gasteiger charge is 2.03. The van der Waals surface area contributed by atoms with Crippen molar-refractivity contribution in [2.75, 3.05) is 13.6 Å². The maximum absolute atomic E-state index is 2.34. The van der Waals surface area contributed by atoms with Crippen LogP contribution in [0.15, 0.2) is 72.8 Å². The van der Waals surface area contributed by atoms with Crippen molar-refractivity contribution in [3.63, 3.8) is 0 Å². The highest BCUT2D eigenvalue weighted by molar-refractivity contribution is 14.1. The van der Waals surface area contributed by atoms with Gasteiger partial charge in [0.15, 0.2) is 0 Å². The Hall–Kier alpha value is -1.65. The number of likely N-dealkylation sites (N-methyl/N-ethyl adjacent to an activating group) is 1. The fourth-order valence-electron chi connectivity index (χ4n) is 2.73. The van der Waals surface area contributed by atoms with Gasteiger partial charge in [-0.15, -0.1) is 0 Å². The summed E-state index contributed by atoms with van der Waals surface area (Å²) in [6, 6.07) is 23.7. The van der Waals surface area contributed by atoms with Crippen molar-refractivity contribution in [2.45, 2.75) is 6.54 Å². The molecule has 0 bridgehead atoms. The van der Waals surface area contributed by atoms with Gasteiger partial charge in [0.2, 0.25) is 0 Å². The van der Waals surface area contributed by atoms with Crippen molar-refractivity contribution in [3.8, 4) is 0 Å². The summed E-state index contributed by atoms with van der Waals surface area (Å²) in [7, 11) is 2.17. The summed E-state index contributed by atoms with van der Waals surface area (Å²) in [6.45, 7) is 1.90. The number of fused-ring (bicyclic) bond motifs is 1. The van der Waals surface area contributed by atoms with Gasteiger partial charge in [-0.25, -0.2) is 0 Å². The predicted molar refractivity (Wildman–Crippen MR) is 108 cm³/mol. The van der Waals surface area contributed by atoms with Crippen molar-refractivity contribution in [1.29, 1.82) is 0 Å². The minimum Gasteiger partial charge on any atom is -0.298 e. The van der Waals surface area contributed by atoms with Crippen LogP contribution in [0.25, 0.3) is 16.8 Å². The molecule has 0 aromatic heterocycles. The molecular formula is C21H20IN. The molecule has 0 unspecified atom stereocenters. The molecule has 0 saturated heterocycles. The molecular weight excluding hydrogens is 393 g/mol. The molecule has 0 atom stereocenters. The van der Waals surface area contributed by atoms with Crippen LogP contribution in [-0.2, 0) is 6.54 Å². The topological polar surface area (TPSA) is 3.24 Å². The average molecular weight is 413 g/mol. The standard InChI is InChI=1S/C21H20IN/c1-23(15-5-6-17-11-13-20(22)14-12-17)16-19-9-4-8-18-7-2-3-10-21(18)19/h2-14H,15-16H2,1H3/b6-5+. The first kappa shape index (κ1) is 16.2. The molecule has 0 heterocycles. The molecule has 0 spiro atoms. The van der Waals surface area contributed by atoms with Gasteiger partial charge >= 0.3 is 0 Å². The number of benzene rings is 3. The molecule has 0 aliphatic carbocycles. The maximum atomic E-state index is 2.34. The first-order chi connectivity index (χ1) is 11.2. The molecule has 0 aliphatic heterocycles. The van der Waals surface area contributed by atoms with Crippen LogP contribution in [-0.4, -0.2) is 18.5 Å². The highest BCUT2D eigenvalue weighted by atomic mass is 127. The Balaban J connectivity index is 1.64. The summed E-state index contributed by atoms with van der Waals surface area (Å²) in [5.41, 5.74) is 2.64. The van der Waals surface area contributed by atoms with E-state index in [4.69, 9.17) is 0 Å². The van der Waals surface area contributed by atoms with E-state index in [1.54, 1.807) is 0 Å². The summed E-state index contributed by atoms with van der Waals surface area (Å²) in [4.78, 5) is 2.34. The van der Waals surface area contributed by atoms with E-state index in [0.717, 1.165) is 13.1 Å². The summed E-state index contributed by atoms with van der Waals surface area (Å²) in [6.07, 6.45) is 4.42. The zero-order valence-electron chi connectivity index (χ0n) is 13.2. The molecule has 0 amide bonds. The van der Waals surface area contributed by atoms with Crippen molar-refractivity contribution < 1.29 is 0 Å². The fourth-order valence-corrected chi connectivity index (χ4v) is 3.09. The van der Waals surface area contributed by atoms with Crippen LogP contribution in [0.5, 0.6) is 0 Å². The van der Waals surface area contributed by atoms with E-state index < -0.39 is 0 Å². The van der Waals surface area contributed by atoms with Crippen molar-refractivity contribution in [1.82, 2.24) is 4.90 Å². The lowest BCUT2D eigenvalue weighted by molar-refractivity contribution is 0.365. The Kier molecular flexibility index (Phi) is 5.47. The second-order valence-electron chi connectivity index (χ2n) is 5.79. The van der Waals surface area contributed by atoms with Gasteiger partial charge in [-0.05, 0) is 63.7 Å². The number of hydrogen-bond acceptors (Lipinski definition) is 1. The molecule has 3 rings (SSSR count). The fraction of sp³-hybridized carbons (Fsp3) is 0.143. The third-order valence-electron chi connectivity index (χ3n) is 3.92. The van der Waals surface area contributed by atoms with Crippen LogP contribution in [0.1, 0.15) is 11.1 Å². The monoisotopic (exact) mass is 413 g/mol. The van der Waals surface area contributed by atoms with Crippen molar-refractivity contribution >= 4 is 39.4 Å². The summed E-state index contributed by atoms with van der Waals surface area (Å²) in [5, 5.41) is 2.66. The molecule has 1 nitrogen and oxygen atoms in total. The normalized spacial score (nSPS) is 11.6. The lowest BCUT2D eigenvalue weighted by Gasteiger charge is -2.16. The minimum absolute atomic E-state index is 0.940. The van der Waals surface area contributed by atoms with Crippen LogP contribution >= 0.6 is 22.6 Å². The zero-order valence-corrected chi connectivity index (χ0v) is 15.4. The smallest absolute Gasteiger partial charge is 0.0240 e. The van der Waals surface area contributed by atoms with E-state index in [-0.39, 0.29) is 0 Å². The molecule has 0 radical (unpaired) electrons. The third-order valence-corrected chi connectivity index (χ3v) is 4.64. The Morgan fingerprint density at radius 1 is 0.913 bits per heavy atom. The quantitative estimate of drug-likeness (QED) is 0.493. The average Bonchev–Trinajstić information content (AvgIpc) is 2.57. The van der Waals surface area contributed by atoms with E-state index in [1.165, 1.54) is 25.5 Å². The Morgan fingerprint density at radius 2 is 1.65 bits per heavy atom. The van der Waals surface area contributed by atoms with Gasteiger partial charge in [-0.1, -0.05) is 66.7 Å². The van der Waals surface area contributed by atoms with Crippen LogP contribution in [0.3, 0.4) is 0 Å². The van der Waals surface area contributed by atoms with E-state index in [9.17, 15) is 0 Å². The van der Waals surface area contributed by atoms with Gasteiger partial charge in [0.1, 0.15) is 0 Å². The minimum atomic E-state index is 0.940. The second-order valence-corrected chi connectivity index (χ2v) is 7.03. The SMILES string of the molecule is CN(C/C=C/c1ccc(I)cc1)Cc1cccc2ccccc12. The highest BCUT2D eigenvalue weighted by Crippen LogP contribution is 2.19. The predicted octanol–water partition coefficient (Wildman–Crippen LogP) is 5.59. The van der Waals surface area contributed by atoms with Crippen LogP contribution < -0.4 is 0 Å². The molecule has 2 heteroatoms. The third kappa shape index (κ3) is 4.43. The number of nitrogens with zero attached hydrogens (tertiary/aromatic N) is 1. The van der Waals surface area contributed by atoms with Gasteiger partial charge < -0.3 is 0 Å². The van der Waals surface area contributed by atoms with E-state index in [1.807, 2.05) is 0 Å². The molecule has 3 aromatic carbocycles. The first-order valence-electron chi connectivity index (χ1n) is 7.80. The van der Waals surface area contributed by atoms with Crippen molar-refractivity contribution in [2.24, 2.45) is 0 Å². The Labute approximate surface area is 151 Å². The summed E-state index contributed by atoms with van der Waals surface area (Å²) < 4.78 is 1.27. The molecule has 0 aliphatic rings. The van der Waals surface area contributed by atoms with Gasteiger partial charge in [-0.2, -0.15) is 0 Å². The second kappa shape index (κ2) is 7.75. The number of hydrogen-bond donors (Lipinski definition) is 0. The lowest BCUT2D eigenvalue weighted by atomic mass is 10.0. The molecule has 3 aromatic rings. The molecule has 0 N–H and O–H groups in total. The van der Waals surface area contributed by atoms with E-state index in [0.29, 0.717) is 0 Å². The van der Waals surface area contributed by atoms with Gasteiger partial charge in [0.05, 0.1) is 0 Å². The van der Waals surface area contributed by atoms with Gasteiger partial charge in [-0.3, -0.25) is 4.90 Å². The van der Waals surface area contributed by atoms with Crippen LogP contribution in [0.2, 0.25) is 0 Å². The largest absolute Gasteiger partial charge is 0.298 e. The Bertz CT molecular complexity index is 800. The van der Waals surface area contributed by atoms with Crippen LogP contribution in [0, 0.1) is 3.57 Å². The Morgan fingerprint density at radius 3 is 2.48 bits per heavy atom. The molecule has 0 saturated carbocycles. The molecule has 0 fully saturated rings. The van der Waals surface area contributed by atoms with Crippen molar-refractivity contribution in [3.05, 3.63) is 87.5 Å². The number of halogens is 1. The number of rotatable bonds is 5. The molecule has 116 valence electrons. The zero-order chi connectivity index (χ0) is 16.1. The first-order valence-corrected chi connectivity index (χ1v) is 8.87. The van der Waals surface area contributed by atoms with E-state index >= 15 is 0 Å². The molecule has 23 heavy (non-hydrogen) atoms. The van der Waals surface area contributed by atoms with E-state index in [2.05, 4.69) is 113 Å². The summed E-state index contributed by atoms with van der Waals surface area (Å²) in [5.74, 6) is 0.